The van der Waals surface area contributed by atoms with Crippen LogP contribution in [0.15, 0.2) is 48.8 Å². The maximum atomic E-state index is 5.75. The molecule has 1 N–H and O–H groups in total. The van der Waals surface area contributed by atoms with E-state index in [1.54, 1.807) is 6.20 Å². The molecule has 0 amide bonds. The Morgan fingerprint density at radius 3 is 2.28 bits per heavy atom. The molecule has 2 rings (SSSR count). The molecule has 0 saturated carbocycles. The fourth-order valence-corrected chi connectivity index (χ4v) is 3.41. The molecule has 1 aromatic heterocycles. The number of hydrogen-bond acceptors (Lipinski definition) is 4. The van der Waals surface area contributed by atoms with Crippen molar-refractivity contribution in [2.45, 2.75) is 33.4 Å². The zero-order valence-corrected chi connectivity index (χ0v) is 19.1. The number of anilines is 1. The predicted molar refractivity (Wildman–Crippen MR) is 127 cm³/mol. The molecule has 5 nitrogen and oxygen atoms in total. The normalized spacial score (nSPS) is 10.8. The second-order valence-electron chi connectivity index (χ2n) is 7.39. The number of thiocarbonyl (C=S) groups is 1. The van der Waals surface area contributed by atoms with Gasteiger partial charge in [-0.25, -0.2) is 0 Å². The number of hydrogen-bond donors (Lipinski definition) is 1. The molecule has 0 aliphatic carbocycles. The van der Waals surface area contributed by atoms with Crippen LogP contribution in [0.1, 0.15) is 31.4 Å². The third kappa shape index (κ3) is 7.99. The highest BCUT2D eigenvalue weighted by Crippen LogP contribution is 2.15. The van der Waals surface area contributed by atoms with Crippen molar-refractivity contribution in [2.75, 3.05) is 45.2 Å². The van der Waals surface area contributed by atoms with Crippen LogP contribution >= 0.6 is 12.2 Å². The molecule has 1 heterocycles. The average molecular weight is 414 g/mol. The van der Waals surface area contributed by atoms with Gasteiger partial charge in [0, 0.05) is 51.8 Å². The minimum atomic E-state index is 0.741. The summed E-state index contributed by atoms with van der Waals surface area (Å²) in [4.78, 5) is 11.0. The lowest BCUT2D eigenvalue weighted by atomic mass is 10.1. The van der Waals surface area contributed by atoms with Gasteiger partial charge in [0.1, 0.15) is 0 Å². The SMILES string of the molecule is CCN(CC)CCCNC(=S)N(Cc1ccc(N(C)C)cc1)Cc1cccnc1. The van der Waals surface area contributed by atoms with E-state index < -0.39 is 0 Å². The van der Waals surface area contributed by atoms with Crippen molar-refractivity contribution in [3.63, 3.8) is 0 Å². The highest BCUT2D eigenvalue weighted by molar-refractivity contribution is 7.80. The highest BCUT2D eigenvalue weighted by atomic mass is 32.1. The summed E-state index contributed by atoms with van der Waals surface area (Å²) >= 11 is 5.75. The molecule has 0 unspecified atom stereocenters. The number of nitrogens with one attached hydrogen (secondary N) is 1. The van der Waals surface area contributed by atoms with Crippen molar-refractivity contribution in [2.24, 2.45) is 0 Å². The fraction of sp³-hybridized carbons (Fsp3) is 0.478. The van der Waals surface area contributed by atoms with Crippen molar-refractivity contribution >= 4 is 23.0 Å². The molecular formula is C23H35N5S. The summed E-state index contributed by atoms with van der Waals surface area (Å²) in [5, 5.41) is 4.25. The minimum Gasteiger partial charge on any atom is -0.378 e. The van der Waals surface area contributed by atoms with Crippen LogP contribution < -0.4 is 10.2 Å². The van der Waals surface area contributed by atoms with Crippen molar-refractivity contribution in [3.8, 4) is 0 Å². The smallest absolute Gasteiger partial charge is 0.169 e. The Kier molecular flexibility index (Phi) is 9.88. The van der Waals surface area contributed by atoms with E-state index in [1.165, 1.54) is 11.3 Å². The van der Waals surface area contributed by atoms with Crippen molar-refractivity contribution in [1.29, 1.82) is 0 Å². The zero-order chi connectivity index (χ0) is 21.1. The largest absolute Gasteiger partial charge is 0.378 e. The average Bonchev–Trinajstić information content (AvgIpc) is 2.74. The van der Waals surface area contributed by atoms with E-state index in [4.69, 9.17) is 12.2 Å². The molecule has 0 bridgehead atoms. The lowest BCUT2D eigenvalue weighted by Gasteiger charge is -2.27. The van der Waals surface area contributed by atoms with Crippen molar-refractivity contribution in [3.05, 3.63) is 59.9 Å². The Labute approximate surface area is 181 Å². The Morgan fingerprint density at radius 2 is 1.69 bits per heavy atom. The Hall–Kier alpha value is -2.18. The molecule has 0 fully saturated rings. The topological polar surface area (TPSA) is 34.6 Å². The van der Waals surface area contributed by atoms with Crippen LogP contribution in [0.3, 0.4) is 0 Å². The monoisotopic (exact) mass is 413 g/mol. The summed E-state index contributed by atoms with van der Waals surface area (Å²) in [5.41, 5.74) is 3.60. The third-order valence-electron chi connectivity index (χ3n) is 5.03. The summed E-state index contributed by atoms with van der Waals surface area (Å²) in [5.74, 6) is 0. The first-order valence-electron chi connectivity index (χ1n) is 10.4. The molecule has 0 radical (unpaired) electrons. The van der Waals surface area contributed by atoms with Crippen LogP contribution in [0.2, 0.25) is 0 Å². The summed E-state index contributed by atoms with van der Waals surface area (Å²) in [6, 6.07) is 12.7. The van der Waals surface area contributed by atoms with Gasteiger partial charge >= 0.3 is 0 Å². The van der Waals surface area contributed by atoms with Crippen molar-refractivity contribution < 1.29 is 0 Å². The quantitative estimate of drug-likeness (QED) is 0.446. The van der Waals surface area contributed by atoms with Crippen LogP contribution in [-0.4, -0.2) is 60.2 Å². The predicted octanol–water partition coefficient (Wildman–Crippen LogP) is 3.76. The van der Waals surface area contributed by atoms with E-state index in [-0.39, 0.29) is 0 Å². The van der Waals surface area contributed by atoms with Gasteiger partial charge in [0.05, 0.1) is 0 Å². The van der Waals surface area contributed by atoms with E-state index in [9.17, 15) is 0 Å². The lowest BCUT2D eigenvalue weighted by Crippen LogP contribution is -2.40. The molecule has 29 heavy (non-hydrogen) atoms. The summed E-state index contributed by atoms with van der Waals surface area (Å²) < 4.78 is 0. The van der Waals surface area contributed by atoms with Crippen LogP contribution in [0.25, 0.3) is 0 Å². The summed E-state index contributed by atoms with van der Waals surface area (Å²) in [6.07, 6.45) is 4.79. The van der Waals surface area contributed by atoms with Gasteiger partial charge in [0.2, 0.25) is 0 Å². The maximum Gasteiger partial charge on any atom is 0.169 e. The van der Waals surface area contributed by atoms with Gasteiger partial charge in [-0.15, -0.1) is 0 Å². The van der Waals surface area contributed by atoms with Gasteiger partial charge in [-0.05, 0) is 67.6 Å². The van der Waals surface area contributed by atoms with E-state index in [0.717, 1.165) is 56.4 Å². The molecule has 158 valence electrons. The van der Waals surface area contributed by atoms with Gasteiger partial charge < -0.3 is 20.0 Å². The van der Waals surface area contributed by atoms with Crippen LogP contribution in [0.4, 0.5) is 5.69 Å². The molecule has 0 spiro atoms. The van der Waals surface area contributed by atoms with E-state index in [0.29, 0.717) is 0 Å². The van der Waals surface area contributed by atoms with Gasteiger partial charge in [-0.2, -0.15) is 0 Å². The van der Waals surface area contributed by atoms with Gasteiger partial charge in [-0.1, -0.05) is 32.0 Å². The van der Waals surface area contributed by atoms with Gasteiger partial charge in [0.15, 0.2) is 5.11 Å². The van der Waals surface area contributed by atoms with E-state index >= 15 is 0 Å². The maximum absolute atomic E-state index is 5.75. The zero-order valence-electron chi connectivity index (χ0n) is 18.3. The fourth-order valence-electron chi connectivity index (χ4n) is 3.18. The molecule has 0 aliphatic heterocycles. The molecule has 0 atom stereocenters. The van der Waals surface area contributed by atoms with Gasteiger partial charge in [-0.3, -0.25) is 4.98 Å². The minimum absolute atomic E-state index is 0.741. The van der Waals surface area contributed by atoms with Crippen LogP contribution in [0, 0.1) is 0 Å². The van der Waals surface area contributed by atoms with E-state index in [2.05, 4.69) is 83.3 Å². The lowest BCUT2D eigenvalue weighted by molar-refractivity contribution is 0.299. The van der Waals surface area contributed by atoms with Gasteiger partial charge in [0.25, 0.3) is 0 Å². The Bertz CT molecular complexity index is 714. The number of rotatable bonds is 11. The number of benzene rings is 1. The third-order valence-corrected chi connectivity index (χ3v) is 5.43. The Morgan fingerprint density at radius 1 is 1.00 bits per heavy atom. The molecule has 2 aromatic rings. The Balaban J connectivity index is 1.99. The number of nitrogens with zero attached hydrogens (tertiary/aromatic N) is 4. The molecule has 1 aromatic carbocycles. The van der Waals surface area contributed by atoms with Crippen LogP contribution in [0.5, 0.6) is 0 Å². The first-order chi connectivity index (χ1) is 14.0. The second kappa shape index (κ2) is 12.4. The number of pyridine rings is 1. The summed E-state index contributed by atoms with van der Waals surface area (Å²) in [7, 11) is 4.11. The van der Waals surface area contributed by atoms with E-state index in [1.807, 2.05) is 12.3 Å². The first-order valence-corrected chi connectivity index (χ1v) is 10.8. The van der Waals surface area contributed by atoms with Crippen molar-refractivity contribution in [1.82, 2.24) is 20.1 Å². The highest BCUT2D eigenvalue weighted by Gasteiger charge is 2.12. The molecule has 0 saturated heterocycles. The standard InChI is InChI=1S/C23H35N5S/c1-5-27(6-2)16-8-15-25-23(29)28(19-21-9-7-14-24-17-21)18-20-10-12-22(13-11-20)26(3)4/h7,9-14,17H,5-6,8,15-16,18-19H2,1-4H3,(H,25,29). The second-order valence-corrected chi connectivity index (χ2v) is 7.78. The summed E-state index contributed by atoms with van der Waals surface area (Å²) in [6.45, 7) is 10.1. The number of aromatic nitrogens is 1. The molecular weight excluding hydrogens is 378 g/mol. The van der Waals surface area contributed by atoms with Crippen LogP contribution in [-0.2, 0) is 13.1 Å². The molecule has 0 aliphatic rings. The molecule has 6 heteroatoms. The first kappa shape index (κ1) is 23.1.